The maximum Gasteiger partial charge on any atom is 0.227 e. The smallest absolute Gasteiger partial charge is 0.227 e. The molecule has 0 aromatic heterocycles. The van der Waals surface area contributed by atoms with Gasteiger partial charge in [-0.3, -0.25) is 9.59 Å². The molecule has 0 saturated heterocycles. The second kappa shape index (κ2) is 9.59. The summed E-state index contributed by atoms with van der Waals surface area (Å²) in [6.45, 7) is 2.09. The molecular weight excluding hydrogens is 362 g/mol. The van der Waals surface area contributed by atoms with Crippen molar-refractivity contribution in [1.29, 1.82) is 0 Å². The fourth-order valence-corrected chi connectivity index (χ4v) is 3.89. The van der Waals surface area contributed by atoms with Crippen molar-refractivity contribution in [3.8, 4) is 0 Å². The van der Waals surface area contributed by atoms with E-state index < -0.39 is 0 Å². The Morgan fingerprint density at radius 3 is 1.97 bits per heavy atom. The van der Waals surface area contributed by atoms with E-state index in [9.17, 15) is 9.59 Å². The first-order chi connectivity index (χ1) is 14.0. The number of rotatable bonds is 6. The monoisotopic (exact) mass is 393 g/mol. The second-order valence-electron chi connectivity index (χ2n) is 7.98. The molecule has 0 atom stereocenters. The molecule has 1 fully saturated rings. The van der Waals surface area contributed by atoms with Crippen molar-refractivity contribution >= 4 is 28.9 Å². The van der Waals surface area contributed by atoms with Crippen molar-refractivity contribution in [2.45, 2.75) is 39.0 Å². The molecule has 1 aliphatic rings. The van der Waals surface area contributed by atoms with E-state index in [1.165, 1.54) is 0 Å². The summed E-state index contributed by atoms with van der Waals surface area (Å²) in [5.41, 5.74) is 3.96. The molecule has 5 heteroatoms. The first kappa shape index (κ1) is 20.9. The van der Waals surface area contributed by atoms with E-state index in [1.807, 2.05) is 67.5 Å². The largest absolute Gasteiger partial charge is 0.378 e. The standard InChI is InChI=1S/C24H31N3O2/c1-4-17-7-5-6-8-22(17)26-24(29)19-11-9-18(10-12-19)23(28)25-20-13-15-21(16-14-20)27(2)3/h5-8,13-16,18-19H,4,9-12H2,1-3H3,(H,25,28)(H,26,29). The molecule has 3 rings (SSSR count). The minimum Gasteiger partial charge on any atom is -0.378 e. The van der Waals surface area contributed by atoms with Gasteiger partial charge in [0, 0.05) is 43.0 Å². The van der Waals surface area contributed by atoms with Crippen LogP contribution in [0.5, 0.6) is 0 Å². The number of nitrogens with zero attached hydrogens (tertiary/aromatic N) is 1. The van der Waals surface area contributed by atoms with Gasteiger partial charge in [-0.2, -0.15) is 0 Å². The molecule has 0 aliphatic heterocycles. The number of para-hydroxylation sites is 1. The zero-order chi connectivity index (χ0) is 20.8. The van der Waals surface area contributed by atoms with Gasteiger partial charge in [0.1, 0.15) is 0 Å². The van der Waals surface area contributed by atoms with Crippen molar-refractivity contribution in [3.63, 3.8) is 0 Å². The highest BCUT2D eigenvalue weighted by atomic mass is 16.2. The van der Waals surface area contributed by atoms with Gasteiger partial charge in [-0.25, -0.2) is 0 Å². The van der Waals surface area contributed by atoms with E-state index in [4.69, 9.17) is 0 Å². The third-order valence-electron chi connectivity index (χ3n) is 5.78. The van der Waals surface area contributed by atoms with Gasteiger partial charge in [-0.05, 0) is 68.0 Å². The molecule has 29 heavy (non-hydrogen) atoms. The van der Waals surface area contributed by atoms with Crippen LogP contribution in [-0.4, -0.2) is 25.9 Å². The average Bonchev–Trinajstić information content (AvgIpc) is 2.74. The molecule has 0 bridgehead atoms. The molecule has 0 radical (unpaired) electrons. The van der Waals surface area contributed by atoms with Crippen LogP contribution in [-0.2, 0) is 16.0 Å². The minimum absolute atomic E-state index is 0.0247. The maximum atomic E-state index is 12.7. The molecule has 1 aliphatic carbocycles. The highest BCUT2D eigenvalue weighted by molar-refractivity contribution is 5.95. The fourth-order valence-electron chi connectivity index (χ4n) is 3.89. The third-order valence-corrected chi connectivity index (χ3v) is 5.78. The predicted molar refractivity (Wildman–Crippen MR) is 119 cm³/mol. The van der Waals surface area contributed by atoms with Gasteiger partial charge in [0.2, 0.25) is 11.8 Å². The first-order valence-corrected chi connectivity index (χ1v) is 10.4. The Bertz CT molecular complexity index is 837. The molecule has 2 amide bonds. The lowest BCUT2D eigenvalue weighted by Gasteiger charge is -2.27. The second-order valence-corrected chi connectivity index (χ2v) is 7.98. The highest BCUT2D eigenvalue weighted by Crippen LogP contribution is 2.31. The Kier molecular flexibility index (Phi) is 6.91. The summed E-state index contributed by atoms with van der Waals surface area (Å²) in [6, 6.07) is 15.8. The number of carbonyl (C=O) groups is 2. The van der Waals surface area contributed by atoms with Crippen molar-refractivity contribution in [1.82, 2.24) is 0 Å². The van der Waals surface area contributed by atoms with E-state index in [0.29, 0.717) is 0 Å². The van der Waals surface area contributed by atoms with Crippen LogP contribution in [0.1, 0.15) is 38.2 Å². The predicted octanol–water partition coefficient (Wildman–Crippen LogP) is 4.70. The first-order valence-electron chi connectivity index (χ1n) is 10.4. The van der Waals surface area contributed by atoms with Crippen LogP contribution in [0.2, 0.25) is 0 Å². The van der Waals surface area contributed by atoms with Gasteiger partial charge in [-0.15, -0.1) is 0 Å². The molecule has 1 saturated carbocycles. The zero-order valence-corrected chi connectivity index (χ0v) is 17.6. The Labute approximate surface area is 173 Å². The average molecular weight is 394 g/mol. The minimum atomic E-state index is -0.0319. The topological polar surface area (TPSA) is 61.4 Å². The zero-order valence-electron chi connectivity index (χ0n) is 17.6. The van der Waals surface area contributed by atoms with Crippen LogP contribution < -0.4 is 15.5 Å². The number of amides is 2. The number of aryl methyl sites for hydroxylation is 1. The van der Waals surface area contributed by atoms with Crippen LogP contribution >= 0.6 is 0 Å². The van der Waals surface area contributed by atoms with Crippen LogP contribution in [0.25, 0.3) is 0 Å². The fraction of sp³-hybridized carbons (Fsp3) is 0.417. The van der Waals surface area contributed by atoms with Gasteiger partial charge in [0.15, 0.2) is 0 Å². The molecule has 154 valence electrons. The molecule has 2 aromatic carbocycles. The SMILES string of the molecule is CCc1ccccc1NC(=O)C1CCC(C(=O)Nc2ccc(N(C)C)cc2)CC1. The van der Waals surface area contributed by atoms with Gasteiger partial charge in [-0.1, -0.05) is 25.1 Å². The Hall–Kier alpha value is -2.82. The Balaban J connectivity index is 1.50. The number of anilines is 3. The lowest BCUT2D eigenvalue weighted by Crippen LogP contribution is -2.32. The summed E-state index contributed by atoms with van der Waals surface area (Å²) in [6.07, 6.45) is 3.87. The summed E-state index contributed by atoms with van der Waals surface area (Å²) in [7, 11) is 3.98. The van der Waals surface area contributed by atoms with Gasteiger partial charge in [0.25, 0.3) is 0 Å². The van der Waals surface area contributed by atoms with Crippen molar-refractivity contribution in [2.75, 3.05) is 29.6 Å². The van der Waals surface area contributed by atoms with E-state index >= 15 is 0 Å². The van der Waals surface area contributed by atoms with Crippen LogP contribution in [0.3, 0.4) is 0 Å². The molecule has 2 aromatic rings. The van der Waals surface area contributed by atoms with E-state index in [-0.39, 0.29) is 23.7 Å². The van der Waals surface area contributed by atoms with Crippen LogP contribution in [0.15, 0.2) is 48.5 Å². The Morgan fingerprint density at radius 1 is 0.862 bits per heavy atom. The normalized spacial score (nSPS) is 18.7. The highest BCUT2D eigenvalue weighted by Gasteiger charge is 2.30. The number of hydrogen-bond acceptors (Lipinski definition) is 3. The van der Waals surface area contributed by atoms with Gasteiger partial charge < -0.3 is 15.5 Å². The Morgan fingerprint density at radius 2 is 1.41 bits per heavy atom. The lowest BCUT2D eigenvalue weighted by molar-refractivity contribution is -0.125. The van der Waals surface area contributed by atoms with Crippen LogP contribution in [0.4, 0.5) is 17.1 Å². The van der Waals surface area contributed by atoms with E-state index in [2.05, 4.69) is 17.6 Å². The maximum absolute atomic E-state index is 12.7. The number of carbonyl (C=O) groups excluding carboxylic acids is 2. The molecule has 2 N–H and O–H groups in total. The molecule has 0 heterocycles. The van der Waals surface area contributed by atoms with Gasteiger partial charge in [0.05, 0.1) is 0 Å². The van der Waals surface area contributed by atoms with E-state index in [0.717, 1.165) is 54.7 Å². The summed E-state index contributed by atoms with van der Waals surface area (Å²) in [5, 5.41) is 6.10. The molecule has 5 nitrogen and oxygen atoms in total. The summed E-state index contributed by atoms with van der Waals surface area (Å²) in [4.78, 5) is 27.3. The van der Waals surface area contributed by atoms with Crippen molar-refractivity contribution in [3.05, 3.63) is 54.1 Å². The molecule has 0 unspecified atom stereocenters. The van der Waals surface area contributed by atoms with Crippen LogP contribution in [0, 0.1) is 11.8 Å². The number of hydrogen-bond donors (Lipinski definition) is 2. The molecule has 0 spiro atoms. The van der Waals surface area contributed by atoms with Gasteiger partial charge >= 0.3 is 0 Å². The van der Waals surface area contributed by atoms with Crippen molar-refractivity contribution < 1.29 is 9.59 Å². The quantitative estimate of drug-likeness (QED) is 0.748. The third kappa shape index (κ3) is 5.37. The van der Waals surface area contributed by atoms with E-state index in [1.54, 1.807) is 0 Å². The molecular formula is C24H31N3O2. The lowest BCUT2D eigenvalue weighted by atomic mass is 9.81. The summed E-state index contributed by atoms with van der Waals surface area (Å²) >= 11 is 0. The number of benzene rings is 2. The summed E-state index contributed by atoms with van der Waals surface area (Å²) in [5.74, 6) is 0.0701. The number of nitrogens with one attached hydrogen (secondary N) is 2. The van der Waals surface area contributed by atoms with Crippen molar-refractivity contribution in [2.24, 2.45) is 11.8 Å². The summed E-state index contributed by atoms with van der Waals surface area (Å²) < 4.78 is 0.